The molecule has 4 rings (SSSR count). The van der Waals surface area contributed by atoms with Crippen LogP contribution >= 0.6 is 0 Å². The Morgan fingerprint density at radius 1 is 1.16 bits per heavy atom. The van der Waals surface area contributed by atoms with Crippen LogP contribution in [0.15, 0.2) is 42.7 Å². The maximum atomic E-state index is 12.0. The maximum absolute atomic E-state index is 12.0. The van der Waals surface area contributed by atoms with Crippen LogP contribution in [0.4, 0.5) is 16.3 Å². The Morgan fingerprint density at radius 3 is 2.68 bits per heavy atom. The Labute approximate surface area is 145 Å². The van der Waals surface area contributed by atoms with E-state index in [2.05, 4.69) is 20.7 Å². The minimum atomic E-state index is -0.150. The van der Waals surface area contributed by atoms with E-state index in [4.69, 9.17) is 5.73 Å². The number of aromatic nitrogens is 3. The van der Waals surface area contributed by atoms with Gasteiger partial charge < -0.3 is 16.4 Å². The molecule has 25 heavy (non-hydrogen) atoms. The lowest BCUT2D eigenvalue weighted by Crippen LogP contribution is -2.36. The van der Waals surface area contributed by atoms with E-state index in [0.717, 1.165) is 35.1 Å². The van der Waals surface area contributed by atoms with Gasteiger partial charge in [0.2, 0.25) is 0 Å². The molecule has 0 aliphatic heterocycles. The van der Waals surface area contributed by atoms with Gasteiger partial charge >= 0.3 is 6.03 Å². The highest BCUT2D eigenvalue weighted by Gasteiger charge is 2.17. The first-order valence-electron chi connectivity index (χ1n) is 8.47. The number of nitrogen functional groups attached to an aromatic ring is 1. The quantitative estimate of drug-likeness (QED) is 0.684. The van der Waals surface area contributed by atoms with E-state index < -0.39 is 0 Å². The molecule has 0 unspecified atom stereocenters. The largest absolute Gasteiger partial charge is 0.383 e. The lowest BCUT2D eigenvalue weighted by Gasteiger charge is -2.13. The first kappa shape index (κ1) is 15.4. The molecule has 2 amide bonds. The van der Waals surface area contributed by atoms with Gasteiger partial charge in [0.15, 0.2) is 0 Å². The molecule has 1 aromatic carbocycles. The van der Waals surface area contributed by atoms with Gasteiger partial charge in [-0.15, -0.1) is 0 Å². The predicted molar refractivity (Wildman–Crippen MR) is 97.7 cm³/mol. The van der Waals surface area contributed by atoms with Crippen LogP contribution in [0, 0.1) is 0 Å². The van der Waals surface area contributed by atoms with Crippen LogP contribution in [0.1, 0.15) is 25.7 Å². The molecule has 0 bridgehead atoms. The van der Waals surface area contributed by atoms with Crippen molar-refractivity contribution in [3.8, 4) is 5.69 Å². The summed E-state index contributed by atoms with van der Waals surface area (Å²) in [6.07, 6.45) is 7.89. The molecule has 2 aromatic heterocycles. The van der Waals surface area contributed by atoms with E-state index in [-0.39, 0.29) is 6.03 Å². The Hall–Kier alpha value is -3.09. The number of nitrogens with one attached hydrogen (secondary N) is 2. The van der Waals surface area contributed by atoms with E-state index in [1.165, 1.54) is 12.8 Å². The normalized spacial score (nSPS) is 14.7. The first-order valence-corrected chi connectivity index (χ1v) is 8.47. The highest BCUT2D eigenvalue weighted by molar-refractivity contribution is 5.90. The summed E-state index contributed by atoms with van der Waals surface area (Å²) in [5.41, 5.74) is 8.41. The van der Waals surface area contributed by atoms with E-state index in [1.807, 2.05) is 30.3 Å². The molecular weight excluding hydrogens is 316 g/mol. The van der Waals surface area contributed by atoms with Crippen molar-refractivity contribution in [2.45, 2.75) is 31.7 Å². The molecule has 0 spiro atoms. The van der Waals surface area contributed by atoms with Gasteiger partial charge in [-0.1, -0.05) is 12.8 Å². The van der Waals surface area contributed by atoms with Crippen molar-refractivity contribution in [1.82, 2.24) is 20.1 Å². The third-order valence-electron chi connectivity index (χ3n) is 4.59. The number of benzene rings is 1. The second-order valence-electron chi connectivity index (χ2n) is 6.31. The average Bonchev–Trinajstić information content (AvgIpc) is 3.26. The van der Waals surface area contributed by atoms with E-state index >= 15 is 0 Å². The van der Waals surface area contributed by atoms with Crippen molar-refractivity contribution in [1.29, 1.82) is 0 Å². The molecule has 0 radical (unpaired) electrons. The van der Waals surface area contributed by atoms with Crippen LogP contribution in [0.3, 0.4) is 0 Å². The number of fused-ring (bicyclic) bond motifs is 1. The fourth-order valence-corrected chi connectivity index (χ4v) is 3.29. The molecule has 1 saturated carbocycles. The highest BCUT2D eigenvalue weighted by atomic mass is 16.2. The number of hydrogen-bond acceptors (Lipinski definition) is 4. The number of hydrogen-bond donors (Lipinski definition) is 3. The molecular formula is C18H20N6O. The first-order chi connectivity index (χ1) is 12.2. The monoisotopic (exact) mass is 336 g/mol. The summed E-state index contributed by atoms with van der Waals surface area (Å²) in [5, 5.41) is 11.1. The molecule has 0 saturated heterocycles. The van der Waals surface area contributed by atoms with Crippen LogP contribution in [-0.4, -0.2) is 26.8 Å². The van der Waals surface area contributed by atoms with Crippen molar-refractivity contribution in [2.24, 2.45) is 0 Å². The summed E-state index contributed by atoms with van der Waals surface area (Å²) in [7, 11) is 0. The number of rotatable bonds is 3. The molecule has 1 aliphatic rings. The van der Waals surface area contributed by atoms with Crippen molar-refractivity contribution in [2.75, 3.05) is 11.1 Å². The van der Waals surface area contributed by atoms with Gasteiger partial charge in [-0.25, -0.2) is 14.5 Å². The summed E-state index contributed by atoms with van der Waals surface area (Å²) in [5.74, 6) is 0.464. The molecule has 1 fully saturated rings. The number of anilines is 2. The van der Waals surface area contributed by atoms with E-state index in [1.54, 1.807) is 17.1 Å². The fourth-order valence-electron chi connectivity index (χ4n) is 3.29. The second kappa shape index (κ2) is 6.43. The minimum Gasteiger partial charge on any atom is -0.383 e. The zero-order valence-electron chi connectivity index (χ0n) is 13.8. The second-order valence-corrected chi connectivity index (χ2v) is 6.31. The van der Waals surface area contributed by atoms with Gasteiger partial charge in [0, 0.05) is 17.9 Å². The van der Waals surface area contributed by atoms with Crippen molar-refractivity contribution >= 4 is 28.4 Å². The Kier molecular flexibility index (Phi) is 3.97. The molecule has 7 nitrogen and oxygen atoms in total. The maximum Gasteiger partial charge on any atom is 0.319 e. The number of nitrogens with two attached hydrogens (primary N) is 1. The number of amides is 2. The average molecular weight is 336 g/mol. The van der Waals surface area contributed by atoms with Gasteiger partial charge in [-0.05, 0) is 43.2 Å². The van der Waals surface area contributed by atoms with Crippen LogP contribution in [0.2, 0.25) is 0 Å². The zero-order chi connectivity index (χ0) is 17.2. The zero-order valence-corrected chi connectivity index (χ0v) is 13.8. The minimum absolute atomic E-state index is 0.150. The Bertz CT molecular complexity index is 896. The summed E-state index contributed by atoms with van der Waals surface area (Å²) < 4.78 is 1.80. The number of carbonyl (C=O) groups is 1. The lowest BCUT2D eigenvalue weighted by molar-refractivity contribution is 0.248. The van der Waals surface area contributed by atoms with Gasteiger partial charge in [0.25, 0.3) is 0 Å². The van der Waals surface area contributed by atoms with Gasteiger partial charge in [-0.3, -0.25) is 0 Å². The fraction of sp³-hybridized carbons (Fsp3) is 0.278. The van der Waals surface area contributed by atoms with Crippen molar-refractivity contribution in [3.05, 3.63) is 42.7 Å². The van der Waals surface area contributed by atoms with Gasteiger partial charge in [0.05, 0.1) is 22.8 Å². The number of nitrogens with zero attached hydrogens (tertiary/aromatic N) is 3. The molecule has 128 valence electrons. The highest BCUT2D eigenvalue weighted by Crippen LogP contribution is 2.22. The number of pyridine rings is 1. The summed E-state index contributed by atoms with van der Waals surface area (Å²) in [4.78, 5) is 16.1. The van der Waals surface area contributed by atoms with Crippen LogP contribution in [0.25, 0.3) is 16.6 Å². The van der Waals surface area contributed by atoms with Crippen LogP contribution < -0.4 is 16.4 Å². The van der Waals surface area contributed by atoms with Crippen molar-refractivity contribution < 1.29 is 4.79 Å². The standard InChI is InChI=1S/C18H20N6O/c19-17-15-11-21-24(16(15)9-10-20-17)14-7-5-13(6-8-14)23-18(25)22-12-3-1-2-4-12/h5-12H,1-4H2,(H2,19,20)(H2,22,23,25). The molecule has 2 heterocycles. The van der Waals surface area contributed by atoms with Gasteiger partial charge in [0.1, 0.15) is 5.82 Å². The smallest absolute Gasteiger partial charge is 0.319 e. The SMILES string of the molecule is Nc1nccc2c1cnn2-c1ccc(NC(=O)NC2CCCC2)cc1. The molecule has 1 aliphatic carbocycles. The molecule has 4 N–H and O–H groups in total. The number of carbonyl (C=O) groups excluding carboxylic acids is 1. The van der Waals surface area contributed by atoms with Crippen LogP contribution in [0.5, 0.6) is 0 Å². The Morgan fingerprint density at radius 2 is 1.92 bits per heavy atom. The van der Waals surface area contributed by atoms with Gasteiger partial charge in [-0.2, -0.15) is 5.10 Å². The summed E-state index contributed by atoms with van der Waals surface area (Å²) >= 11 is 0. The van der Waals surface area contributed by atoms with Crippen molar-refractivity contribution in [3.63, 3.8) is 0 Å². The predicted octanol–water partition coefficient (Wildman–Crippen LogP) is 3.07. The molecule has 3 aromatic rings. The van der Waals surface area contributed by atoms with E-state index in [9.17, 15) is 4.79 Å². The van der Waals surface area contributed by atoms with Crippen LogP contribution in [-0.2, 0) is 0 Å². The third kappa shape index (κ3) is 3.13. The lowest BCUT2D eigenvalue weighted by atomic mass is 10.2. The topological polar surface area (TPSA) is 97.9 Å². The van der Waals surface area contributed by atoms with E-state index in [0.29, 0.717) is 11.9 Å². The Balaban J connectivity index is 1.49. The molecule has 0 atom stereocenters. The summed E-state index contributed by atoms with van der Waals surface area (Å²) in [6, 6.07) is 9.57. The molecule has 7 heteroatoms. The summed E-state index contributed by atoms with van der Waals surface area (Å²) in [6.45, 7) is 0. The third-order valence-corrected chi connectivity index (χ3v) is 4.59. The number of urea groups is 1.